The second kappa shape index (κ2) is 2.95. The first kappa shape index (κ1) is 9.46. The topological polar surface area (TPSA) is 28.9 Å². The van der Waals surface area contributed by atoms with Crippen molar-refractivity contribution in [3.63, 3.8) is 0 Å². The summed E-state index contributed by atoms with van der Waals surface area (Å²) in [6.45, 7) is 6.55. The Labute approximate surface area is 87.9 Å². The minimum absolute atomic E-state index is 0.154. The van der Waals surface area contributed by atoms with Gasteiger partial charge in [-0.2, -0.15) is 0 Å². The number of benzene rings is 1. The molecule has 0 unspecified atom stereocenters. The lowest BCUT2D eigenvalue weighted by atomic mass is 9.87. The van der Waals surface area contributed by atoms with Gasteiger partial charge in [-0.3, -0.25) is 0 Å². The van der Waals surface area contributed by atoms with Gasteiger partial charge in [0.1, 0.15) is 0 Å². The van der Waals surface area contributed by atoms with Crippen LogP contribution in [0.2, 0.25) is 0 Å². The van der Waals surface area contributed by atoms with Gasteiger partial charge in [-0.25, -0.2) is 0 Å². The Morgan fingerprint density at radius 1 is 1.29 bits per heavy atom. The van der Waals surface area contributed by atoms with E-state index in [1.54, 1.807) is 0 Å². The summed E-state index contributed by atoms with van der Waals surface area (Å²) in [6.07, 6.45) is 0. The van der Waals surface area contributed by atoms with Gasteiger partial charge in [-0.15, -0.1) is 0 Å². The molecule has 0 saturated carbocycles. The lowest BCUT2D eigenvalue weighted by Crippen LogP contribution is -2.10. The van der Waals surface area contributed by atoms with E-state index in [0.717, 1.165) is 11.1 Å². The zero-order valence-electron chi connectivity index (χ0n) is 8.55. The molecule has 0 spiro atoms. The normalized spacial score (nSPS) is 12.2. The molecule has 0 bridgehead atoms. The van der Waals surface area contributed by atoms with E-state index >= 15 is 0 Å². The molecule has 0 amide bonds. The van der Waals surface area contributed by atoms with Crippen molar-refractivity contribution in [3.8, 4) is 0 Å². The molecule has 1 heterocycles. The molecule has 0 aliphatic carbocycles. The summed E-state index contributed by atoms with van der Waals surface area (Å²) in [5.74, 6) is 0. The average Bonchev–Trinajstić information content (AvgIpc) is 2.41. The van der Waals surface area contributed by atoms with Gasteiger partial charge >= 0.3 is 0 Å². The van der Waals surface area contributed by atoms with Crippen molar-refractivity contribution in [1.29, 1.82) is 0 Å². The van der Waals surface area contributed by atoms with Gasteiger partial charge in [0.25, 0.3) is 4.84 Å². The van der Waals surface area contributed by atoms with Crippen LogP contribution in [0.1, 0.15) is 26.3 Å². The maximum absolute atomic E-state index is 5.29. The molecular formula is C11H13NOS. The van der Waals surface area contributed by atoms with Crippen LogP contribution in [-0.4, -0.2) is 4.98 Å². The molecule has 1 aromatic heterocycles. The Morgan fingerprint density at radius 3 is 2.64 bits per heavy atom. The minimum Gasteiger partial charge on any atom is -0.429 e. The molecule has 0 aliphatic heterocycles. The largest absolute Gasteiger partial charge is 0.429 e. The highest BCUT2D eigenvalue weighted by atomic mass is 32.1. The zero-order chi connectivity index (χ0) is 10.3. The summed E-state index contributed by atoms with van der Waals surface area (Å²) in [7, 11) is 0. The van der Waals surface area contributed by atoms with E-state index in [9.17, 15) is 0 Å². The molecule has 74 valence electrons. The fraction of sp³-hybridized carbons (Fsp3) is 0.364. The average molecular weight is 207 g/mol. The molecule has 0 atom stereocenters. The van der Waals surface area contributed by atoms with E-state index in [-0.39, 0.29) is 5.41 Å². The molecule has 2 aromatic rings. The molecule has 2 rings (SSSR count). The number of hydrogen-bond donors (Lipinski definition) is 1. The molecule has 0 saturated heterocycles. The van der Waals surface area contributed by atoms with Gasteiger partial charge in [0.15, 0.2) is 5.58 Å². The third-order valence-corrected chi connectivity index (χ3v) is 2.47. The second-order valence-electron chi connectivity index (χ2n) is 4.48. The zero-order valence-corrected chi connectivity index (χ0v) is 9.37. The Morgan fingerprint density at radius 2 is 2.00 bits per heavy atom. The molecule has 0 aliphatic rings. The van der Waals surface area contributed by atoms with Gasteiger partial charge in [-0.05, 0) is 35.3 Å². The van der Waals surface area contributed by atoms with E-state index in [1.807, 2.05) is 6.07 Å². The van der Waals surface area contributed by atoms with Crippen molar-refractivity contribution in [2.45, 2.75) is 26.2 Å². The summed E-state index contributed by atoms with van der Waals surface area (Å²) < 4.78 is 5.29. The van der Waals surface area contributed by atoms with Crippen LogP contribution in [0.25, 0.3) is 11.1 Å². The van der Waals surface area contributed by atoms with Crippen molar-refractivity contribution in [2.75, 3.05) is 0 Å². The standard InChI is InChI=1S/C11H13NOS/c1-11(2,3)7-4-5-9-8(6-7)12-10(14)13-9/h4-6H,1-3H3,(H,12,14). The van der Waals surface area contributed by atoms with Crippen molar-refractivity contribution >= 4 is 23.3 Å². The van der Waals surface area contributed by atoms with Crippen LogP contribution in [0.5, 0.6) is 0 Å². The third-order valence-electron chi connectivity index (χ3n) is 2.28. The number of rotatable bonds is 0. The highest BCUT2D eigenvalue weighted by molar-refractivity contribution is 7.71. The van der Waals surface area contributed by atoms with Crippen molar-refractivity contribution in [2.24, 2.45) is 0 Å². The van der Waals surface area contributed by atoms with Crippen molar-refractivity contribution in [1.82, 2.24) is 4.98 Å². The van der Waals surface area contributed by atoms with Crippen LogP contribution in [0.4, 0.5) is 0 Å². The maximum atomic E-state index is 5.29. The van der Waals surface area contributed by atoms with Crippen LogP contribution < -0.4 is 0 Å². The molecular weight excluding hydrogens is 194 g/mol. The maximum Gasteiger partial charge on any atom is 0.266 e. The van der Waals surface area contributed by atoms with E-state index in [2.05, 4.69) is 37.9 Å². The smallest absolute Gasteiger partial charge is 0.266 e. The third kappa shape index (κ3) is 1.60. The van der Waals surface area contributed by atoms with Crippen LogP contribution in [-0.2, 0) is 5.41 Å². The van der Waals surface area contributed by atoms with E-state index in [1.165, 1.54) is 5.56 Å². The number of aromatic nitrogens is 1. The second-order valence-corrected chi connectivity index (χ2v) is 4.85. The van der Waals surface area contributed by atoms with Crippen LogP contribution in [0.15, 0.2) is 22.6 Å². The van der Waals surface area contributed by atoms with Crippen LogP contribution in [0, 0.1) is 4.84 Å². The lowest BCUT2D eigenvalue weighted by Gasteiger charge is -2.18. The summed E-state index contributed by atoms with van der Waals surface area (Å²) in [5, 5.41) is 0. The lowest BCUT2D eigenvalue weighted by molar-refractivity contribution is 0.580. The number of hydrogen-bond acceptors (Lipinski definition) is 2. The fourth-order valence-electron chi connectivity index (χ4n) is 1.42. The predicted octanol–water partition coefficient (Wildman–Crippen LogP) is 3.79. The monoisotopic (exact) mass is 207 g/mol. The SMILES string of the molecule is CC(C)(C)c1ccc2oc(=S)[nH]c2c1. The number of aromatic amines is 1. The minimum atomic E-state index is 0.154. The molecule has 1 N–H and O–H groups in total. The van der Waals surface area contributed by atoms with Gasteiger partial charge in [0, 0.05) is 0 Å². The quantitative estimate of drug-likeness (QED) is 0.666. The first-order valence-corrected chi connectivity index (χ1v) is 5.01. The summed E-state index contributed by atoms with van der Waals surface area (Å²) >= 11 is 4.93. The van der Waals surface area contributed by atoms with Gasteiger partial charge < -0.3 is 9.40 Å². The number of H-pyrrole nitrogens is 1. The Hall–Kier alpha value is -1.09. The Bertz CT molecular complexity index is 516. The number of oxazole rings is 1. The first-order chi connectivity index (χ1) is 6.47. The Kier molecular flexibility index (Phi) is 2.00. The Balaban J connectivity index is 2.67. The van der Waals surface area contributed by atoms with Crippen LogP contribution >= 0.6 is 12.2 Å². The molecule has 3 heteroatoms. The first-order valence-electron chi connectivity index (χ1n) is 4.60. The van der Waals surface area contributed by atoms with E-state index < -0.39 is 0 Å². The van der Waals surface area contributed by atoms with Gasteiger partial charge in [0.2, 0.25) is 0 Å². The molecule has 1 aromatic carbocycles. The van der Waals surface area contributed by atoms with E-state index in [0.29, 0.717) is 4.84 Å². The summed E-state index contributed by atoms with van der Waals surface area (Å²) in [5.41, 5.74) is 3.23. The summed E-state index contributed by atoms with van der Waals surface area (Å²) in [4.78, 5) is 3.46. The van der Waals surface area contributed by atoms with Gasteiger partial charge in [0.05, 0.1) is 5.52 Å². The number of nitrogens with one attached hydrogen (secondary N) is 1. The molecule has 14 heavy (non-hydrogen) atoms. The fourth-order valence-corrected chi connectivity index (χ4v) is 1.62. The molecule has 0 radical (unpaired) electrons. The predicted molar refractivity (Wildman–Crippen MR) is 60.1 cm³/mol. The van der Waals surface area contributed by atoms with E-state index in [4.69, 9.17) is 16.6 Å². The number of fused-ring (bicyclic) bond motifs is 1. The summed E-state index contributed by atoms with van der Waals surface area (Å²) in [6, 6.07) is 6.13. The van der Waals surface area contributed by atoms with Gasteiger partial charge in [-0.1, -0.05) is 26.8 Å². The highest BCUT2D eigenvalue weighted by Crippen LogP contribution is 2.25. The highest BCUT2D eigenvalue weighted by Gasteiger charge is 2.14. The molecule has 0 fully saturated rings. The van der Waals surface area contributed by atoms with Crippen molar-refractivity contribution < 1.29 is 4.42 Å². The van der Waals surface area contributed by atoms with Crippen molar-refractivity contribution in [3.05, 3.63) is 28.6 Å². The molecule has 2 nitrogen and oxygen atoms in total. The van der Waals surface area contributed by atoms with Crippen LogP contribution in [0.3, 0.4) is 0 Å².